The summed E-state index contributed by atoms with van der Waals surface area (Å²) in [5.41, 5.74) is 1.09. The van der Waals surface area contributed by atoms with Crippen LogP contribution in [-0.4, -0.2) is 4.98 Å². The number of rotatable bonds is 3. The molecule has 1 heterocycles. The predicted molar refractivity (Wildman–Crippen MR) is 86.5 cm³/mol. The fourth-order valence-corrected chi connectivity index (χ4v) is 2.71. The third-order valence-electron chi connectivity index (χ3n) is 3.93. The molecule has 0 aliphatic rings. The van der Waals surface area contributed by atoms with Crippen LogP contribution in [0.1, 0.15) is 56.0 Å². The van der Waals surface area contributed by atoms with Gasteiger partial charge in [-0.15, -0.1) is 0 Å². The van der Waals surface area contributed by atoms with Gasteiger partial charge in [0.2, 0.25) is 0 Å². The first-order valence-corrected chi connectivity index (χ1v) is 7.70. The van der Waals surface area contributed by atoms with Crippen molar-refractivity contribution in [2.24, 2.45) is 0 Å². The molecule has 0 fully saturated rings. The number of aromatic nitrogens is 1. The summed E-state index contributed by atoms with van der Waals surface area (Å²) in [5, 5.41) is 0. The van der Waals surface area contributed by atoms with Crippen LogP contribution < -0.4 is 0 Å². The molecule has 124 valence electrons. The normalized spacial score (nSPS) is 13.9. The minimum atomic E-state index is -4.33. The molecule has 23 heavy (non-hydrogen) atoms. The SMILES string of the molecule is CC(Cc1ccc(C(F)(F)F)c(C(C)(C)C)c1)c1ccccn1. The molecule has 0 saturated carbocycles. The van der Waals surface area contributed by atoms with E-state index in [0.29, 0.717) is 12.0 Å². The number of alkyl halides is 3. The molecule has 1 unspecified atom stereocenters. The minimum absolute atomic E-state index is 0.153. The number of pyridine rings is 1. The summed E-state index contributed by atoms with van der Waals surface area (Å²) in [6.45, 7) is 7.47. The topological polar surface area (TPSA) is 12.9 Å². The van der Waals surface area contributed by atoms with E-state index in [0.717, 1.165) is 11.3 Å². The van der Waals surface area contributed by atoms with Crippen molar-refractivity contribution >= 4 is 0 Å². The van der Waals surface area contributed by atoms with Crippen LogP contribution in [0.25, 0.3) is 0 Å². The Morgan fingerprint density at radius 3 is 2.22 bits per heavy atom. The van der Waals surface area contributed by atoms with E-state index in [4.69, 9.17) is 0 Å². The maximum atomic E-state index is 13.2. The molecule has 0 saturated heterocycles. The average molecular weight is 321 g/mol. The van der Waals surface area contributed by atoms with Crippen molar-refractivity contribution in [2.75, 3.05) is 0 Å². The Bertz CT molecular complexity index is 655. The summed E-state index contributed by atoms with van der Waals surface area (Å²) in [5.74, 6) is 0.153. The highest BCUT2D eigenvalue weighted by molar-refractivity contribution is 5.39. The van der Waals surface area contributed by atoms with Crippen molar-refractivity contribution in [1.29, 1.82) is 0 Å². The summed E-state index contributed by atoms with van der Waals surface area (Å²) in [7, 11) is 0. The van der Waals surface area contributed by atoms with Gasteiger partial charge in [-0.1, -0.05) is 45.9 Å². The molecule has 0 N–H and O–H groups in total. The summed E-state index contributed by atoms with van der Waals surface area (Å²) in [6.07, 6.45) is -1.93. The van der Waals surface area contributed by atoms with Crippen LogP contribution in [0.2, 0.25) is 0 Å². The second-order valence-electron chi connectivity index (χ2n) is 6.99. The largest absolute Gasteiger partial charge is 0.416 e. The summed E-state index contributed by atoms with van der Waals surface area (Å²) >= 11 is 0. The lowest BCUT2D eigenvalue weighted by Crippen LogP contribution is -2.20. The maximum Gasteiger partial charge on any atom is 0.416 e. The highest BCUT2D eigenvalue weighted by atomic mass is 19.4. The standard InChI is InChI=1S/C19H22F3N/c1-13(17-7-5-6-10-23-17)11-14-8-9-15(19(20,21)22)16(12-14)18(2,3)4/h5-10,12-13H,11H2,1-4H3. The lowest BCUT2D eigenvalue weighted by atomic mass is 9.81. The van der Waals surface area contributed by atoms with Gasteiger partial charge in [0.1, 0.15) is 0 Å². The zero-order chi connectivity index (χ0) is 17.3. The number of halogens is 3. The second kappa shape index (κ2) is 6.34. The summed E-state index contributed by atoms with van der Waals surface area (Å²) in [4.78, 5) is 4.32. The Labute approximate surface area is 135 Å². The first kappa shape index (κ1) is 17.5. The van der Waals surface area contributed by atoms with E-state index in [1.807, 2.05) is 45.9 Å². The van der Waals surface area contributed by atoms with Gasteiger partial charge in [-0.3, -0.25) is 4.98 Å². The Hall–Kier alpha value is -1.84. The van der Waals surface area contributed by atoms with Gasteiger partial charge in [-0.05, 0) is 41.2 Å². The minimum Gasteiger partial charge on any atom is -0.261 e. The van der Waals surface area contributed by atoms with Crippen LogP contribution in [-0.2, 0) is 18.0 Å². The zero-order valence-corrected chi connectivity index (χ0v) is 13.9. The van der Waals surface area contributed by atoms with E-state index in [2.05, 4.69) is 4.98 Å². The van der Waals surface area contributed by atoms with Gasteiger partial charge in [0.25, 0.3) is 0 Å². The molecule has 0 aliphatic heterocycles. The van der Waals surface area contributed by atoms with Crippen molar-refractivity contribution in [3.8, 4) is 0 Å². The molecule has 1 aromatic carbocycles. The molecule has 0 aliphatic carbocycles. The fourth-order valence-electron chi connectivity index (χ4n) is 2.71. The molecule has 2 aromatic rings. The van der Waals surface area contributed by atoms with E-state index in [-0.39, 0.29) is 5.92 Å². The number of nitrogens with zero attached hydrogens (tertiary/aromatic N) is 1. The maximum absolute atomic E-state index is 13.2. The zero-order valence-electron chi connectivity index (χ0n) is 13.9. The van der Waals surface area contributed by atoms with E-state index in [1.165, 1.54) is 6.07 Å². The van der Waals surface area contributed by atoms with E-state index < -0.39 is 17.2 Å². The summed E-state index contributed by atoms with van der Waals surface area (Å²) < 4.78 is 39.7. The van der Waals surface area contributed by atoms with Crippen molar-refractivity contribution in [3.05, 3.63) is 65.0 Å². The van der Waals surface area contributed by atoms with Crippen LogP contribution in [0.4, 0.5) is 13.2 Å². The van der Waals surface area contributed by atoms with Gasteiger partial charge in [0.15, 0.2) is 0 Å². The van der Waals surface area contributed by atoms with Crippen LogP contribution in [0.5, 0.6) is 0 Å². The molecular formula is C19H22F3N. The van der Waals surface area contributed by atoms with Gasteiger partial charge in [-0.2, -0.15) is 13.2 Å². The fraction of sp³-hybridized carbons (Fsp3) is 0.421. The summed E-state index contributed by atoms with van der Waals surface area (Å²) in [6, 6.07) is 10.2. The molecule has 0 amide bonds. The Morgan fingerprint density at radius 1 is 1.00 bits per heavy atom. The number of hydrogen-bond acceptors (Lipinski definition) is 1. The predicted octanol–water partition coefficient (Wildman–Crippen LogP) is 5.74. The molecule has 4 heteroatoms. The van der Waals surface area contributed by atoms with Gasteiger partial charge < -0.3 is 0 Å². The average Bonchev–Trinajstić information content (AvgIpc) is 2.46. The molecule has 0 radical (unpaired) electrons. The van der Waals surface area contributed by atoms with Crippen LogP contribution in [0.15, 0.2) is 42.6 Å². The Morgan fingerprint density at radius 2 is 1.70 bits per heavy atom. The Kier molecular flexibility index (Phi) is 4.83. The molecule has 0 spiro atoms. The van der Waals surface area contributed by atoms with Crippen molar-refractivity contribution in [1.82, 2.24) is 4.98 Å². The van der Waals surface area contributed by atoms with Gasteiger partial charge in [-0.25, -0.2) is 0 Å². The molecular weight excluding hydrogens is 299 g/mol. The third kappa shape index (κ3) is 4.34. The lowest BCUT2D eigenvalue weighted by Gasteiger charge is -2.25. The van der Waals surface area contributed by atoms with E-state index in [1.54, 1.807) is 18.3 Å². The number of hydrogen-bond donors (Lipinski definition) is 0. The molecule has 1 nitrogen and oxygen atoms in total. The van der Waals surface area contributed by atoms with Crippen molar-refractivity contribution in [3.63, 3.8) is 0 Å². The number of benzene rings is 1. The van der Waals surface area contributed by atoms with Crippen molar-refractivity contribution in [2.45, 2.75) is 51.6 Å². The molecule has 1 atom stereocenters. The molecule has 0 bridgehead atoms. The van der Waals surface area contributed by atoms with Crippen LogP contribution >= 0.6 is 0 Å². The van der Waals surface area contributed by atoms with Crippen molar-refractivity contribution < 1.29 is 13.2 Å². The first-order chi connectivity index (χ1) is 10.6. The lowest BCUT2D eigenvalue weighted by molar-refractivity contribution is -0.138. The third-order valence-corrected chi connectivity index (χ3v) is 3.93. The highest BCUT2D eigenvalue weighted by Crippen LogP contribution is 2.38. The van der Waals surface area contributed by atoms with E-state index >= 15 is 0 Å². The van der Waals surface area contributed by atoms with Gasteiger partial charge >= 0.3 is 6.18 Å². The highest BCUT2D eigenvalue weighted by Gasteiger charge is 2.36. The molecule has 2 rings (SSSR count). The quantitative estimate of drug-likeness (QED) is 0.702. The van der Waals surface area contributed by atoms with Gasteiger partial charge in [0, 0.05) is 17.8 Å². The van der Waals surface area contributed by atoms with Gasteiger partial charge in [0.05, 0.1) is 5.56 Å². The monoisotopic (exact) mass is 321 g/mol. The smallest absolute Gasteiger partial charge is 0.261 e. The van der Waals surface area contributed by atoms with Crippen LogP contribution in [0.3, 0.4) is 0 Å². The van der Waals surface area contributed by atoms with Crippen LogP contribution in [0, 0.1) is 0 Å². The second-order valence-corrected chi connectivity index (χ2v) is 6.99. The first-order valence-electron chi connectivity index (χ1n) is 7.70. The van der Waals surface area contributed by atoms with E-state index in [9.17, 15) is 13.2 Å². The molecule has 1 aromatic heterocycles. The Balaban J connectivity index is 2.35.